The summed E-state index contributed by atoms with van der Waals surface area (Å²) in [6.07, 6.45) is 0.878. The van der Waals surface area contributed by atoms with Crippen LogP contribution in [0.25, 0.3) is 10.9 Å². The number of hydrogen-bond donors (Lipinski definition) is 1. The molecule has 1 aromatic heterocycles. The molecule has 3 aromatic rings. The van der Waals surface area contributed by atoms with Crippen molar-refractivity contribution in [1.29, 1.82) is 0 Å². The number of aryl methyl sites for hydroxylation is 1. The lowest BCUT2D eigenvalue weighted by Gasteiger charge is -2.14. The summed E-state index contributed by atoms with van der Waals surface area (Å²) in [6, 6.07) is 15.5. The second-order valence-electron chi connectivity index (χ2n) is 6.95. The zero-order valence-electron chi connectivity index (χ0n) is 16.4. The van der Waals surface area contributed by atoms with Gasteiger partial charge in [-0.2, -0.15) is 0 Å². The minimum atomic E-state index is -0.0870. The minimum Gasteiger partial charge on any atom is -0.353 e. The zero-order valence-corrected chi connectivity index (χ0v) is 17.3. The van der Waals surface area contributed by atoms with Crippen molar-refractivity contribution in [3.8, 4) is 0 Å². The highest BCUT2D eigenvalue weighted by molar-refractivity contribution is 7.99. The molecule has 0 spiro atoms. The van der Waals surface area contributed by atoms with E-state index in [-0.39, 0.29) is 23.3 Å². The molecule has 0 aliphatic heterocycles. The lowest BCUT2D eigenvalue weighted by molar-refractivity contribution is -0.119. The van der Waals surface area contributed by atoms with Gasteiger partial charge in [0.1, 0.15) is 0 Å². The molecule has 0 radical (unpaired) electrons. The average Bonchev–Trinajstić information content (AvgIpc) is 2.70. The average molecular weight is 396 g/mol. The van der Waals surface area contributed by atoms with E-state index in [1.165, 1.54) is 17.3 Å². The third kappa shape index (κ3) is 4.81. The van der Waals surface area contributed by atoms with Crippen LogP contribution >= 0.6 is 11.8 Å². The Morgan fingerprint density at radius 1 is 1.18 bits per heavy atom. The van der Waals surface area contributed by atoms with Gasteiger partial charge in [0, 0.05) is 6.04 Å². The summed E-state index contributed by atoms with van der Waals surface area (Å²) in [5.41, 5.74) is 2.76. The summed E-state index contributed by atoms with van der Waals surface area (Å²) in [7, 11) is 0. The van der Waals surface area contributed by atoms with Crippen molar-refractivity contribution < 1.29 is 4.79 Å². The van der Waals surface area contributed by atoms with Crippen molar-refractivity contribution in [2.24, 2.45) is 0 Å². The number of hydrogen-bond acceptors (Lipinski definition) is 4. The van der Waals surface area contributed by atoms with Crippen LogP contribution in [0.15, 0.2) is 58.5 Å². The van der Waals surface area contributed by atoms with Crippen molar-refractivity contribution in [3.05, 3.63) is 70.0 Å². The largest absolute Gasteiger partial charge is 0.353 e. The first kappa shape index (κ1) is 20.1. The number of nitrogens with one attached hydrogen (secondary N) is 1. The Bertz CT molecular complexity index is 1030. The second kappa shape index (κ2) is 9.06. The number of aromatic nitrogens is 2. The van der Waals surface area contributed by atoms with E-state index in [1.54, 1.807) is 10.6 Å². The number of carbonyl (C=O) groups excluding carboxylic acids is 1. The predicted molar refractivity (Wildman–Crippen MR) is 115 cm³/mol. The molecule has 0 bridgehead atoms. The molecular formula is C22H25N3O2S. The Morgan fingerprint density at radius 3 is 2.61 bits per heavy atom. The van der Waals surface area contributed by atoms with E-state index in [0.29, 0.717) is 22.6 Å². The van der Waals surface area contributed by atoms with E-state index in [1.807, 2.05) is 63.2 Å². The maximum Gasteiger partial charge on any atom is 0.262 e. The lowest BCUT2D eigenvalue weighted by Crippen LogP contribution is -2.33. The predicted octanol–water partition coefficient (Wildman–Crippen LogP) is 3.76. The molecule has 2 aromatic carbocycles. The Morgan fingerprint density at radius 2 is 1.89 bits per heavy atom. The first-order chi connectivity index (χ1) is 13.5. The number of thioether (sulfide) groups is 1. The van der Waals surface area contributed by atoms with E-state index in [4.69, 9.17) is 0 Å². The highest BCUT2D eigenvalue weighted by atomic mass is 32.2. The van der Waals surface area contributed by atoms with Crippen LogP contribution in [-0.2, 0) is 11.3 Å². The van der Waals surface area contributed by atoms with E-state index >= 15 is 0 Å². The Kier molecular flexibility index (Phi) is 6.52. The molecule has 146 valence electrons. The summed E-state index contributed by atoms with van der Waals surface area (Å²) in [5, 5.41) is 4.10. The van der Waals surface area contributed by atoms with Crippen LogP contribution in [0.3, 0.4) is 0 Å². The topological polar surface area (TPSA) is 64.0 Å². The van der Waals surface area contributed by atoms with E-state index in [0.717, 1.165) is 12.0 Å². The van der Waals surface area contributed by atoms with Crippen LogP contribution in [-0.4, -0.2) is 27.3 Å². The van der Waals surface area contributed by atoms with Gasteiger partial charge in [-0.1, -0.05) is 60.6 Å². The Balaban J connectivity index is 1.93. The normalized spacial score (nSPS) is 12.1. The van der Waals surface area contributed by atoms with Crippen molar-refractivity contribution >= 4 is 28.6 Å². The number of para-hydroxylation sites is 1. The molecule has 28 heavy (non-hydrogen) atoms. The van der Waals surface area contributed by atoms with Crippen LogP contribution in [0.2, 0.25) is 0 Å². The maximum absolute atomic E-state index is 13.1. The Labute approximate surface area is 169 Å². The third-order valence-corrected chi connectivity index (χ3v) is 5.62. The van der Waals surface area contributed by atoms with Gasteiger partial charge in [-0.3, -0.25) is 14.2 Å². The van der Waals surface area contributed by atoms with Gasteiger partial charge in [0.2, 0.25) is 5.91 Å². The van der Waals surface area contributed by atoms with Crippen LogP contribution in [0, 0.1) is 6.92 Å². The lowest BCUT2D eigenvalue weighted by atomic mass is 10.1. The standard InChI is InChI=1S/C22H25N3O2S/c1-4-16(3)23-20(26)14-28-22-24-19-8-6-5-7-18(19)21(27)25(22)13-17-11-9-15(2)10-12-17/h5-12,16H,4,13-14H2,1-3H3,(H,23,26). The second-order valence-corrected chi connectivity index (χ2v) is 7.90. The molecule has 0 saturated heterocycles. The smallest absolute Gasteiger partial charge is 0.262 e. The fraction of sp³-hybridized carbons (Fsp3) is 0.318. The summed E-state index contributed by atoms with van der Waals surface area (Å²) in [4.78, 5) is 30.0. The number of benzene rings is 2. The summed E-state index contributed by atoms with van der Waals surface area (Å²) in [5.74, 6) is 0.173. The molecule has 0 aliphatic carbocycles. The van der Waals surface area contributed by atoms with Gasteiger partial charge in [0.05, 0.1) is 23.2 Å². The van der Waals surface area contributed by atoms with Gasteiger partial charge in [-0.15, -0.1) is 0 Å². The number of amides is 1. The number of nitrogens with zero attached hydrogens (tertiary/aromatic N) is 2. The van der Waals surface area contributed by atoms with E-state index in [2.05, 4.69) is 10.3 Å². The van der Waals surface area contributed by atoms with Crippen molar-refractivity contribution in [1.82, 2.24) is 14.9 Å². The molecule has 6 heteroatoms. The van der Waals surface area contributed by atoms with Gasteiger partial charge < -0.3 is 5.32 Å². The van der Waals surface area contributed by atoms with Crippen LogP contribution in [0.4, 0.5) is 0 Å². The molecule has 1 N–H and O–H groups in total. The van der Waals surface area contributed by atoms with Crippen LogP contribution in [0.1, 0.15) is 31.4 Å². The van der Waals surface area contributed by atoms with Gasteiger partial charge in [0.15, 0.2) is 5.16 Å². The van der Waals surface area contributed by atoms with E-state index < -0.39 is 0 Å². The molecule has 1 amide bonds. The first-order valence-corrected chi connectivity index (χ1v) is 10.4. The fourth-order valence-corrected chi connectivity index (χ4v) is 3.63. The molecule has 3 rings (SSSR count). The minimum absolute atomic E-state index is 0.0522. The fourth-order valence-electron chi connectivity index (χ4n) is 2.82. The quantitative estimate of drug-likeness (QED) is 0.489. The van der Waals surface area contributed by atoms with Gasteiger partial charge in [0.25, 0.3) is 5.56 Å². The van der Waals surface area contributed by atoms with E-state index in [9.17, 15) is 9.59 Å². The molecule has 5 nitrogen and oxygen atoms in total. The first-order valence-electron chi connectivity index (χ1n) is 9.45. The zero-order chi connectivity index (χ0) is 20.1. The molecular weight excluding hydrogens is 370 g/mol. The molecule has 1 unspecified atom stereocenters. The Hall–Kier alpha value is -2.60. The third-order valence-electron chi connectivity index (χ3n) is 4.64. The van der Waals surface area contributed by atoms with Gasteiger partial charge in [-0.25, -0.2) is 4.98 Å². The number of carbonyl (C=O) groups is 1. The molecule has 1 atom stereocenters. The molecule has 0 fully saturated rings. The monoisotopic (exact) mass is 395 g/mol. The molecule has 1 heterocycles. The van der Waals surface area contributed by atoms with Crippen molar-refractivity contribution in [2.45, 2.75) is 44.9 Å². The van der Waals surface area contributed by atoms with Gasteiger partial charge >= 0.3 is 0 Å². The van der Waals surface area contributed by atoms with Crippen molar-refractivity contribution in [3.63, 3.8) is 0 Å². The highest BCUT2D eigenvalue weighted by Crippen LogP contribution is 2.19. The SMILES string of the molecule is CCC(C)NC(=O)CSc1nc2ccccc2c(=O)n1Cc1ccc(C)cc1. The van der Waals surface area contributed by atoms with Crippen LogP contribution in [0.5, 0.6) is 0 Å². The van der Waals surface area contributed by atoms with Crippen LogP contribution < -0.4 is 10.9 Å². The van der Waals surface area contributed by atoms with Crippen molar-refractivity contribution in [2.75, 3.05) is 5.75 Å². The molecule has 0 aliphatic rings. The number of fused-ring (bicyclic) bond motifs is 1. The summed E-state index contributed by atoms with van der Waals surface area (Å²) >= 11 is 1.30. The van der Waals surface area contributed by atoms with Gasteiger partial charge in [-0.05, 0) is 38.0 Å². The number of rotatable bonds is 7. The highest BCUT2D eigenvalue weighted by Gasteiger charge is 2.14. The maximum atomic E-state index is 13.1. The summed E-state index contributed by atoms with van der Waals surface area (Å²) in [6.45, 7) is 6.46. The molecule has 0 saturated carbocycles. The summed E-state index contributed by atoms with van der Waals surface area (Å²) < 4.78 is 1.66.